The summed E-state index contributed by atoms with van der Waals surface area (Å²) < 4.78 is 0. The monoisotopic (exact) mass is 210 g/mol. The maximum atomic E-state index is 3.49. The third-order valence-electron chi connectivity index (χ3n) is 2.44. The van der Waals surface area contributed by atoms with Gasteiger partial charge in [-0.25, -0.2) is 0 Å². The Bertz CT molecular complexity index is 242. The van der Waals surface area contributed by atoms with Crippen LogP contribution in [0.1, 0.15) is 17.7 Å². The van der Waals surface area contributed by atoms with Crippen molar-refractivity contribution in [3.8, 4) is 0 Å². The molecule has 2 rings (SSSR count). The van der Waals surface area contributed by atoms with Crippen LogP contribution in [0.15, 0.2) is 17.5 Å². The summed E-state index contributed by atoms with van der Waals surface area (Å²) in [5.74, 6) is 0. The number of hydrogen-bond acceptors (Lipinski definition) is 3. The van der Waals surface area contributed by atoms with Gasteiger partial charge in [-0.05, 0) is 30.7 Å². The Morgan fingerprint density at radius 2 is 2.21 bits per heavy atom. The minimum absolute atomic E-state index is 0.842. The Hall–Kier alpha value is -0.380. The molecule has 2 N–H and O–H groups in total. The lowest BCUT2D eigenvalue weighted by Gasteiger charge is -2.04. The molecule has 1 aromatic rings. The first kappa shape index (κ1) is 10.1. The summed E-state index contributed by atoms with van der Waals surface area (Å²) >= 11 is 1.85. The Labute approximate surface area is 89.7 Å². The fraction of sp³-hybridized carbons (Fsp3) is 0.636. The van der Waals surface area contributed by atoms with Crippen LogP contribution in [0.5, 0.6) is 0 Å². The molecule has 0 bridgehead atoms. The van der Waals surface area contributed by atoms with Gasteiger partial charge in [-0.15, -0.1) is 11.3 Å². The third-order valence-corrected chi connectivity index (χ3v) is 3.38. The Kier molecular flexibility index (Phi) is 3.98. The largest absolute Gasteiger partial charge is 0.315 e. The van der Waals surface area contributed by atoms with Gasteiger partial charge in [-0.3, -0.25) is 0 Å². The van der Waals surface area contributed by atoms with Crippen LogP contribution in [0.3, 0.4) is 0 Å². The molecule has 0 atom stereocenters. The van der Waals surface area contributed by atoms with Gasteiger partial charge in [-0.1, -0.05) is 6.07 Å². The molecule has 1 aromatic heterocycles. The van der Waals surface area contributed by atoms with Crippen molar-refractivity contribution < 1.29 is 0 Å². The molecule has 1 aliphatic rings. The van der Waals surface area contributed by atoms with Crippen molar-refractivity contribution >= 4 is 11.3 Å². The zero-order valence-corrected chi connectivity index (χ0v) is 9.28. The highest BCUT2D eigenvalue weighted by molar-refractivity contribution is 7.09. The van der Waals surface area contributed by atoms with E-state index in [2.05, 4.69) is 28.1 Å². The number of thiophene rings is 1. The smallest absolute Gasteiger partial charge is 0.00793 e. The number of hydrogen-bond donors (Lipinski definition) is 2. The van der Waals surface area contributed by atoms with Crippen LogP contribution in [0, 0.1) is 0 Å². The van der Waals surface area contributed by atoms with Crippen LogP contribution in [-0.2, 0) is 6.42 Å². The molecule has 1 saturated carbocycles. The van der Waals surface area contributed by atoms with E-state index in [0.717, 1.165) is 25.7 Å². The average molecular weight is 210 g/mol. The van der Waals surface area contributed by atoms with Gasteiger partial charge in [0, 0.05) is 30.6 Å². The molecule has 0 spiro atoms. The van der Waals surface area contributed by atoms with E-state index < -0.39 is 0 Å². The van der Waals surface area contributed by atoms with Gasteiger partial charge in [0.1, 0.15) is 0 Å². The van der Waals surface area contributed by atoms with Crippen molar-refractivity contribution in [2.45, 2.75) is 25.3 Å². The maximum Gasteiger partial charge on any atom is 0.00793 e. The van der Waals surface area contributed by atoms with Crippen molar-refractivity contribution in [1.29, 1.82) is 0 Å². The SMILES string of the molecule is c1csc(CCNCCNC2CC2)c1. The van der Waals surface area contributed by atoms with Crippen molar-refractivity contribution in [1.82, 2.24) is 10.6 Å². The van der Waals surface area contributed by atoms with E-state index >= 15 is 0 Å². The van der Waals surface area contributed by atoms with Crippen molar-refractivity contribution in [3.05, 3.63) is 22.4 Å². The Balaban J connectivity index is 1.43. The highest BCUT2D eigenvalue weighted by Gasteiger charge is 2.19. The van der Waals surface area contributed by atoms with Gasteiger partial charge >= 0.3 is 0 Å². The zero-order valence-electron chi connectivity index (χ0n) is 8.46. The predicted molar refractivity (Wildman–Crippen MR) is 61.9 cm³/mol. The van der Waals surface area contributed by atoms with Crippen molar-refractivity contribution in [2.75, 3.05) is 19.6 Å². The van der Waals surface area contributed by atoms with Gasteiger partial charge in [-0.2, -0.15) is 0 Å². The van der Waals surface area contributed by atoms with E-state index in [1.165, 1.54) is 24.1 Å². The van der Waals surface area contributed by atoms with Gasteiger partial charge in [0.15, 0.2) is 0 Å². The highest BCUT2D eigenvalue weighted by atomic mass is 32.1. The molecule has 0 aliphatic heterocycles. The van der Waals surface area contributed by atoms with E-state index in [1.807, 2.05) is 11.3 Å². The molecule has 0 amide bonds. The Morgan fingerprint density at radius 1 is 1.29 bits per heavy atom. The van der Waals surface area contributed by atoms with Crippen LogP contribution in [0.4, 0.5) is 0 Å². The lowest BCUT2D eigenvalue weighted by molar-refractivity contribution is 0.610. The number of rotatable bonds is 7. The lowest BCUT2D eigenvalue weighted by atomic mass is 10.3. The second-order valence-electron chi connectivity index (χ2n) is 3.81. The highest BCUT2D eigenvalue weighted by Crippen LogP contribution is 2.17. The standard InChI is InChI=1S/C11H18N2S/c1-2-11(14-9-1)5-6-12-7-8-13-10-3-4-10/h1-2,9-10,12-13H,3-8H2. The van der Waals surface area contributed by atoms with Crippen LogP contribution in [0.25, 0.3) is 0 Å². The van der Waals surface area contributed by atoms with Gasteiger partial charge in [0.25, 0.3) is 0 Å². The minimum atomic E-state index is 0.842. The van der Waals surface area contributed by atoms with Crippen LogP contribution in [0.2, 0.25) is 0 Å². The van der Waals surface area contributed by atoms with Crippen LogP contribution in [-0.4, -0.2) is 25.7 Å². The topological polar surface area (TPSA) is 24.1 Å². The average Bonchev–Trinajstić information content (AvgIpc) is 2.87. The molecule has 0 radical (unpaired) electrons. The molecule has 1 heterocycles. The maximum absolute atomic E-state index is 3.49. The molecule has 14 heavy (non-hydrogen) atoms. The summed E-state index contributed by atoms with van der Waals surface area (Å²) in [6, 6.07) is 5.16. The second-order valence-corrected chi connectivity index (χ2v) is 4.84. The molecule has 2 nitrogen and oxygen atoms in total. The summed E-state index contributed by atoms with van der Waals surface area (Å²) in [6.45, 7) is 3.32. The van der Waals surface area contributed by atoms with Crippen molar-refractivity contribution in [2.24, 2.45) is 0 Å². The third kappa shape index (κ3) is 3.78. The van der Waals surface area contributed by atoms with Gasteiger partial charge in [0.2, 0.25) is 0 Å². The summed E-state index contributed by atoms with van der Waals surface area (Å²) in [7, 11) is 0. The second kappa shape index (κ2) is 5.49. The van der Waals surface area contributed by atoms with E-state index in [0.29, 0.717) is 0 Å². The fourth-order valence-electron chi connectivity index (χ4n) is 1.44. The molecule has 0 aromatic carbocycles. The van der Waals surface area contributed by atoms with Gasteiger partial charge in [0.05, 0.1) is 0 Å². The molecule has 3 heteroatoms. The molecule has 0 unspecified atom stereocenters. The number of nitrogens with one attached hydrogen (secondary N) is 2. The minimum Gasteiger partial charge on any atom is -0.315 e. The molecular weight excluding hydrogens is 192 g/mol. The Morgan fingerprint density at radius 3 is 2.93 bits per heavy atom. The van der Waals surface area contributed by atoms with Gasteiger partial charge < -0.3 is 10.6 Å². The van der Waals surface area contributed by atoms with Crippen molar-refractivity contribution in [3.63, 3.8) is 0 Å². The predicted octanol–water partition coefficient (Wildman–Crippen LogP) is 1.63. The quantitative estimate of drug-likeness (QED) is 0.668. The summed E-state index contributed by atoms with van der Waals surface area (Å²) in [5.41, 5.74) is 0. The van der Waals surface area contributed by atoms with Crippen LogP contribution >= 0.6 is 11.3 Å². The fourth-order valence-corrected chi connectivity index (χ4v) is 2.15. The van der Waals surface area contributed by atoms with E-state index in [4.69, 9.17) is 0 Å². The molecule has 0 saturated heterocycles. The molecule has 78 valence electrons. The molecule has 1 aliphatic carbocycles. The first-order chi connectivity index (χ1) is 6.95. The molecule has 1 fully saturated rings. The van der Waals surface area contributed by atoms with E-state index in [-0.39, 0.29) is 0 Å². The summed E-state index contributed by atoms with van der Waals surface area (Å²) in [6.07, 6.45) is 3.94. The van der Waals surface area contributed by atoms with Crippen LogP contribution < -0.4 is 10.6 Å². The summed E-state index contributed by atoms with van der Waals surface area (Å²) in [4.78, 5) is 1.48. The normalized spacial score (nSPS) is 16.0. The first-order valence-electron chi connectivity index (χ1n) is 5.41. The lowest BCUT2D eigenvalue weighted by Crippen LogP contribution is -2.29. The first-order valence-corrected chi connectivity index (χ1v) is 6.29. The molecular formula is C11H18N2S. The van der Waals surface area contributed by atoms with E-state index in [1.54, 1.807) is 0 Å². The zero-order chi connectivity index (χ0) is 9.64. The summed E-state index contributed by atoms with van der Waals surface area (Å²) in [5, 5.41) is 9.08. The van der Waals surface area contributed by atoms with E-state index in [9.17, 15) is 0 Å².